The van der Waals surface area contributed by atoms with Gasteiger partial charge in [-0.1, -0.05) is 17.3 Å². The summed E-state index contributed by atoms with van der Waals surface area (Å²) in [5.41, 5.74) is -0.798. The van der Waals surface area contributed by atoms with Crippen LogP contribution >= 0.6 is 0 Å². The summed E-state index contributed by atoms with van der Waals surface area (Å²) in [7, 11) is 0. The molecule has 1 heterocycles. The lowest BCUT2D eigenvalue weighted by Crippen LogP contribution is -2.23. The maximum absolute atomic E-state index is 13.2. The van der Waals surface area contributed by atoms with Gasteiger partial charge in [0, 0.05) is 0 Å². The van der Waals surface area contributed by atoms with E-state index in [2.05, 4.69) is 10.3 Å². The number of hydrogen-bond acceptors (Lipinski definition) is 4. The highest BCUT2D eigenvalue weighted by Gasteiger charge is 2.41. The Balaban J connectivity index is 1.92. The number of halogens is 4. The van der Waals surface area contributed by atoms with E-state index in [-0.39, 0.29) is 18.9 Å². The van der Waals surface area contributed by atoms with Crippen LogP contribution in [-0.2, 0) is 6.54 Å². The number of para-hydroxylation sites is 1. The summed E-state index contributed by atoms with van der Waals surface area (Å²) >= 11 is 0. The normalized spacial score (nSPS) is 11.4. The Morgan fingerprint density at radius 1 is 1.29 bits per heavy atom. The Kier molecular flexibility index (Phi) is 4.20. The van der Waals surface area contributed by atoms with Crippen molar-refractivity contribution in [1.82, 2.24) is 15.0 Å². The second-order valence-electron chi connectivity index (χ2n) is 3.97. The first-order chi connectivity index (χ1) is 9.88. The van der Waals surface area contributed by atoms with E-state index in [4.69, 9.17) is 4.74 Å². The summed E-state index contributed by atoms with van der Waals surface area (Å²) in [6.07, 6.45) is -4.13. The van der Waals surface area contributed by atoms with Gasteiger partial charge in [-0.15, -0.1) is 5.10 Å². The lowest BCUT2D eigenvalue weighted by Gasteiger charge is -2.06. The number of nitrogens with zero attached hydrogens (tertiary/aromatic N) is 3. The molecule has 112 valence electrons. The van der Waals surface area contributed by atoms with E-state index < -0.39 is 23.5 Å². The average molecular weight is 303 g/mol. The zero-order valence-electron chi connectivity index (χ0n) is 10.5. The van der Waals surface area contributed by atoms with E-state index in [0.717, 1.165) is 10.9 Å². The zero-order chi connectivity index (χ0) is 15.5. The quantitative estimate of drug-likeness (QED) is 0.628. The number of ether oxygens (including phenoxy) is 1. The van der Waals surface area contributed by atoms with Gasteiger partial charge in [0.25, 0.3) is 5.78 Å². The number of ketones is 1. The molecule has 0 aliphatic carbocycles. The molecular weight excluding hydrogens is 294 g/mol. The van der Waals surface area contributed by atoms with Crippen molar-refractivity contribution in [2.45, 2.75) is 12.7 Å². The van der Waals surface area contributed by atoms with Crippen molar-refractivity contribution in [3.05, 3.63) is 42.0 Å². The van der Waals surface area contributed by atoms with Gasteiger partial charge in [-0.05, 0) is 12.1 Å². The van der Waals surface area contributed by atoms with Crippen molar-refractivity contribution >= 4 is 5.78 Å². The van der Waals surface area contributed by atoms with Crippen molar-refractivity contribution in [1.29, 1.82) is 0 Å². The van der Waals surface area contributed by atoms with Crippen LogP contribution in [0.1, 0.15) is 10.5 Å². The molecule has 2 rings (SSSR count). The fraction of sp³-hybridized carbons (Fsp3) is 0.250. The summed E-state index contributed by atoms with van der Waals surface area (Å²) in [6.45, 7) is -0.0174. The summed E-state index contributed by atoms with van der Waals surface area (Å²) in [6, 6.07) is 5.70. The van der Waals surface area contributed by atoms with Gasteiger partial charge in [0.1, 0.15) is 6.61 Å². The van der Waals surface area contributed by atoms with Gasteiger partial charge < -0.3 is 4.74 Å². The highest BCUT2D eigenvalue weighted by molar-refractivity contribution is 5.98. The molecule has 2 aromatic rings. The first-order valence-electron chi connectivity index (χ1n) is 5.77. The van der Waals surface area contributed by atoms with Gasteiger partial charge in [0.2, 0.25) is 0 Å². The smallest absolute Gasteiger partial charge is 0.456 e. The topological polar surface area (TPSA) is 57.0 Å². The third-order valence-electron chi connectivity index (χ3n) is 2.44. The first-order valence-corrected chi connectivity index (χ1v) is 5.77. The fourth-order valence-electron chi connectivity index (χ4n) is 1.47. The maximum Gasteiger partial charge on any atom is 0.456 e. The van der Waals surface area contributed by atoms with Crippen LogP contribution in [0, 0.1) is 5.82 Å². The van der Waals surface area contributed by atoms with Gasteiger partial charge >= 0.3 is 6.18 Å². The fourth-order valence-corrected chi connectivity index (χ4v) is 1.47. The molecular formula is C12H9F4N3O2. The number of carbonyl (C=O) groups excluding carboxylic acids is 1. The third-order valence-corrected chi connectivity index (χ3v) is 2.44. The molecule has 1 aromatic carbocycles. The van der Waals surface area contributed by atoms with Crippen LogP contribution in [0.2, 0.25) is 0 Å². The van der Waals surface area contributed by atoms with Gasteiger partial charge in [0.05, 0.1) is 12.7 Å². The van der Waals surface area contributed by atoms with Crippen molar-refractivity contribution < 1.29 is 27.1 Å². The van der Waals surface area contributed by atoms with Crippen LogP contribution in [0.5, 0.6) is 5.75 Å². The Morgan fingerprint density at radius 2 is 2.00 bits per heavy atom. The molecule has 21 heavy (non-hydrogen) atoms. The molecule has 0 spiro atoms. The first kappa shape index (κ1) is 14.9. The number of Topliss-reactive ketones (excluding diaryl/α,β-unsaturated/α-hetero) is 1. The van der Waals surface area contributed by atoms with Crippen molar-refractivity contribution in [2.24, 2.45) is 0 Å². The molecule has 0 saturated carbocycles. The molecule has 5 nitrogen and oxygen atoms in total. The Labute approximate surface area is 116 Å². The monoisotopic (exact) mass is 303 g/mol. The van der Waals surface area contributed by atoms with Crippen molar-refractivity contribution in [3.63, 3.8) is 0 Å². The predicted molar refractivity (Wildman–Crippen MR) is 62.3 cm³/mol. The molecule has 1 aromatic heterocycles. The molecule has 0 N–H and O–H groups in total. The molecule has 0 radical (unpaired) electrons. The Morgan fingerprint density at radius 3 is 2.67 bits per heavy atom. The van der Waals surface area contributed by atoms with E-state index >= 15 is 0 Å². The number of aromatic nitrogens is 3. The van der Waals surface area contributed by atoms with Crippen LogP contribution in [0.15, 0.2) is 30.5 Å². The number of hydrogen-bond donors (Lipinski definition) is 0. The molecule has 0 fully saturated rings. The predicted octanol–water partition coefficient (Wildman–Crippen LogP) is 2.24. The number of alkyl halides is 3. The largest absolute Gasteiger partial charge is 0.489 e. The number of benzene rings is 1. The minimum atomic E-state index is -5.00. The molecule has 0 saturated heterocycles. The summed E-state index contributed by atoms with van der Waals surface area (Å²) in [4.78, 5) is 10.9. The number of rotatable bonds is 5. The van der Waals surface area contributed by atoms with Gasteiger partial charge in [-0.3, -0.25) is 4.79 Å². The van der Waals surface area contributed by atoms with Gasteiger partial charge in [-0.2, -0.15) is 13.2 Å². The molecule has 9 heteroatoms. The second-order valence-corrected chi connectivity index (χ2v) is 3.97. The lowest BCUT2D eigenvalue weighted by molar-refractivity contribution is -0.0888. The Bertz CT molecular complexity index is 639. The minimum Gasteiger partial charge on any atom is -0.489 e. The van der Waals surface area contributed by atoms with Crippen molar-refractivity contribution in [2.75, 3.05) is 6.61 Å². The Hall–Kier alpha value is -2.45. The molecule has 0 unspecified atom stereocenters. The minimum absolute atomic E-state index is 0.0178. The van der Waals surface area contributed by atoms with E-state index in [1.807, 2.05) is 0 Å². The summed E-state index contributed by atoms with van der Waals surface area (Å²) in [5.74, 6) is -2.60. The zero-order valence-corrected chi connectivity index (χ0v) is 10.5. The molecule has 0 atom stereocenters. The summed E-state index contributed by atoms with van der Waals surface area (Å²) in [5, 5.41) is 6.52. The second kappa shape index (κ2) is 5.90. The highest BCUT2D eigenvalue weighted by Crippen LogP contribution is 2.20. The van der Waals surface area contributed by atoms with Crippen LogP contribution in [-0.4, -0.2) is 33.6 Å². The van der Waals surface area contributed by atoms with E-state index in [0.29, 0.717) is 0 Å². The molecule has 0 bridgehead atoms. The molecule has 0 amide bonds. The molecule has 0 aliphatic rings. The van der Waals surface area contributed by atoms with Crippen molar-refractivity contribution in [3.8, 4) is 5.75 Å². The SMILES string of the molecule is O=C(c1cn(CCOc2ccccc2F)nn1)C(F)(F)F. The number of carbonyl (C=O) groups is 1. The van der Waals surface area contributed by atoms with E-state index in [9.17, 15) is 22.4 Å². The summed E-state index contributed by atoms with van der Waals surface area (Å²) < 4.78 is 55.9. The molecule has 0 aliphatic heterocycles. The average Bonchev–Trinajstić information content (AvgIpc) is 2.87. The van der Waals surface area contributed by atoms with Crippen LogP contribution < -0.4 is 4.74 Å². The van der Waals surface area contributed by atoms with Crippen LogP contribution in [0.25, 0.3) is 0 Å². The van der Waals surface area contributed by atoms with E-state index in [1.54, 1.807) is 6.07 Å². The van der Waals surface area contributed by atoms with Gasteiger partial charge in [-0.25, -0.2) is 9.07 Å². The van der Waals surface area contributed by atoms with Crippen LogP contribution in [0.3, 0.4) is 0 Å². The third kappa shape index (κ3) is 3.77. The lowest BCUT2D eigenvalue weighted by atomic mass is 10.3. The van der Waals surface area contributed by atoms with Gasteiger partial charge in [0.15, 0.2) is 17.3 Å². The highest BCUT2D eigenvalue weighted by atomic mass is 19.4. The standard InChI is InChI=1S/C12H9F4N3O2/c13-8-3-1-2-4-10(8)21-6-5-19-7-9(17-18-19)11(20)12(14,15)16/h1-4,7H,5-6H2. The maximum atomic E-state index is 13.2. The van der Waals surface area contributed by atoms with Crippen LogP contribution in [0.4, 0.5) is 17.6 Å². The van der Waals surface area contributed by atoms with E-state index in [1.165, 1.54) is 18.2 Å².